The summed E-state index contributed by atoms with van der Waals surface area (Å²) >= 11 is 0. The van der Waals surface area contributed by atoms with Gasteiger partial charge in [-0.25, -0.2) is 5.48 Å². The van der Waals surface area contributed by atoms with E-state index in [4.69, 9.17) is 9.94 Å². The minimum Gasteiger partial charge on any atom is -0.466 e. The van der Waals surface area contributed by atoms with Crippen molar-refractivity contribution in [2.75, 3.05) is 13.7 Å². The lowest BCUT2D eigenvalue weighted by Gasteiger charge is -2.06. The molecule has 0 aliphatic carbocycles. The Labute approximate surface area is 167 Å². The van der Waals surface area contributed by atoms with Gasteiger partial charge >= 0.3 is 5.97 Å². The number of ether oxygens (including phenoxy) is 1. The van der Waals surface area contributed by atoms with Gasteiger partial charge in [0.1, 0.15) is 6.29 Å². The number of esters is 1. The summed E-state index contributed by atoms with van der Waals surface area (Å²) in [7, 11) is 1.43. The van der Waals surface area contributed by atoms with Crippen LogP contribution in [0.5, 0.6) is 0 Å². The first kappa shape index (κ1) is 28.3. The Morgan fingerprint density at radius 1 is 0.889 bits per heavy atom. The molecule has 0 spiro atoms. The molecule has 0 aromatic rings. The van der Waals surface area contributed by atoms with Gasteiger partial charge in [-0.2, -0.15) is 0 Å². The van der Waals surface area contributed by atoms with Crippen LogP contribution in [0.1, 0.15) is 110 Å². The van der Waals surface area contributed by atoms with Crippen molar-refractivity contribution in [1.82, 2.24) is 5.48 Å². The van der Waals surface area contributed by atoms with Crippen LogP contribution in [0.15, 0.2) is 0 Å². The van der Waals surface area contributed by atoms with Gasteiger partial charge in [-0.1, -0.05) is 97.3 Å². The van der Waals surface area contributed by atoms with E-state index in [9.17, 15) is 9.59 Å². The van der Waals surface area contributed by atoms with Gasteiger partial charge in [-0.15, -0.1) is 0 Å². The van der Waals surface area contributed by atoms with E-state index < -0.39 is 0 Å². The molecule has 0 aliphatic heterocycles. The highest BCUT2D eigenvalue weighted by molar-refractivity contribution is 5.73. The van der Waals surface area contributed by atoms with Gasteiger partial charge < -0.3 is 14.7 Å². The predicted octanol–water partition coefficient (Wildman–Crippen LogP) is 5.83. The summed E-state index contributed by atoms with van der Waals surface area (Å²) < 4.78 is 5.12. The average molecular weight is 388 g/mol. The maximum Gasteiger partial charge on any atom is 0.306 e. The smallest absolute Gasteiger partial charge is 0.306 e. The first-order valence-corrected chi connectivity index (χ1v) is 11.0. The van der Waals surface area contributed by atoms with Crippen molar-refractivity contribution in [3.8, 4) is 0 Å². The van der Waals surface area contributed by atoms with Crippen LogP contribution < -0.4 is 5.48 Å². The van der Waals surface area contributed by atoms with Crippen LogP contribution in [0.4, 0.5) is 0 Å². The van der Waals surface area contributed by atoms with Crippen molar-refractivity contribution in [2.24, 2.45) is 5.92 Å². The summed E-state index contributed by atoms with van der Waals surface area (Å²) in [5, 5.41) is 7.32. The Kier molecular flexibility index (Phi) is 26.2. The van der Waals surface area contributed by atoms with Crippen LogP contribution in [0.2, 0.25) is 0 Å². The van der Waals surface area contributed by atoms with Crippen LogP contribution in [0, 0.1) is 5.92 Å². The average Bonchev–Trinajstić information content (AvgIpc) is 2.65. The fourth-order valence-electron chi connectivity index (χ4n) is 2.85. The molecule has 0 saturated carbocycles. The number of rotatable bonds is 18. The molecule has 2 N–H and O–H groups in total. The third kappa shape index (κ3) is 27.4. The number of aldehydes is 1. The molecule has 162 valence electrons. The van der Waals surface area contributed by atoms with E-state index in [-0.39, 0.29) is 18.3 Å². The molecule has 0 fully saturated rings. The second-order valence-corrected chi connectivity index (χ2v) is 7.36. The maximum atomic E-state index is 11.4. The standard InChI is InChI=1S/C21H40O3.CH5NO/c1-3-4-5-6-7-8-9-10-11-12-13-14-15-16-17-24-21(23)18-20(2)19-22;1-2-3/h19-20H,3-18H2,1-2H3;2-3H,1H3. The van der Waals surface area contributed by atoms with E-state index in [2.05, 4.69) is 6.92 Å². The van der Waals surface area contributed by atoms with Crippen molar-refractivity contribution >= 4 is 12.3 Å². The van der Waals surface area contributed by atoms with Gasteiger partial charge in [-0.05, 0) is 6.42 Å². The zero-order valence-corrected chi connectivity index (χ0v) is 18.1. The van der Waals surface area contributed by atoms with E-state index in [1.54, 1.807) is 12.4 Å². The Morgan fingerprint density at radius 3 is 1.63 bits per heavy atom. The molecule has 5 nitrogen and oxygen atoms in total. The number of carbonyl (C=O) groups is 2. The molecule has 0 amide bonds. The highest BCUT2D eigenvalue weighted by Crippen LogP contribution is 2.13. The molecule has 1 unspecified atom stereocenters. The molecule has 0 aromatic carbocycles. The lowest BCUT2D eigenvalue weighted by Crippen LogP contribution is -2.11. The molecule has 0 radical (unpaired) electrons. The Hall–Kier alpha value is -0.940. The quantitative estimate of drug-likeness (QED) is 0.134. The molecule has 0 aliphatic rings. The van der Waals surface area contributed by atoms with Crippen molar-refractivity contribution < 1.29 is 19.5 Å². The largest absolute Gasteiger partial charge is 0.466 e. The molecule has 0 aromatic heterocycles. The molecular formula is C22H45NO4. The van der Waals surface area contributed by atoms with Crippen LogP contribution in [-0.2, 0) is 14.3 Å². The first-order valence-electron chi connectivity index (χ1n) is 11.0. The fourth-order valence-corrected chi connectivity index (χ4v) is 2.85. The lowest BCUT2D eigenvalue weighted by atomic mass is 10.0. The fraction of sp³-hybridized carbons (Fsp3) is 0.909. The summed E-state index contributed by atoms with van der Waals surface area (Å²) in [6.45, 7) is 4.51. The SMILES string of the molecule is CCCCCCCCCCCCCCCCOC(=O)CC(C)C=O.CNO. The Bertz CT molecular complexity index is 311. The number of hydroxylamine groups is 1. The predicted molar refractivity (Wildman–Crippen MR) is 112 cm³/mol. The summed E-state index contributed by atoms with van der Waals surface area (Å²) in [5.74, 6) is -0.474. The molecule has 0 heterocycles. The summed E-state index contributed by atoms with van der Waals surface area (Å²) in [6.07, 6.45) is 19.5. The van der Waals surface area contributed by atoms with E-state index in [1.165, 1.54) is 84.1 Å². The minimum absolute atomic E-state index is 0.210. The third-order valence-electron chi connectivity index (χ3n) is 4.48. The molecular weight excluding hydrogens is 342 g/mol. The number of hydrogen-bond acceptors (Lipinski definition) is 5. The molecule has 5 heteroatoms. The van der Waals surface area contributed by atoms with Crippen LogP contribution >= 0.6 is 0 Å². The third-order valence-corrected chi connectivity index (χ3v) is 4.48. The van der Waals surface area contributed by atoms with Gasteiger partial charge in [0.05, 0.1) is 13.0 Å². The van der Waals surface area contributed by atoms with Crippen LogP contribution in [0.25, 0.3) is 0 Å². The number of carbonyl (C=O) groups excluding carboxylic acids is 2. The number of hydrogen-bond donors (Lipinski definition) is 2. The Balaban J connectivity index is 0. The summed E-state index contributed by atoms with van der Waals surface area (Å²) in [5.41, 5.74) is 1.75. The van der Waals surface area contributed by atoms with E-state index in [0.717, 1.165) is 19.1 Å². The Morgan fingerprint density at radius 2 is 1.26 bits per heavy atom. The van der Waals surface area contributed by atoms with Gasteiger partial charge in [0.25, 0.3) is 0 Å². The summed E-state index contributed by atoms with van der Waals surface area (Å²) in [6, 6.07) is 0. The van der Waals surface area contributed by atoms with Gasteiger partial charge in [0.15, 0.2) is 0 Å². The highest BCUT2D eigenvalue weighted by atomic mass is 16.5. The second kappa shape index (κ2) is 25.1. The minimum atomic E-state index is -0.246. The van der Waals surface area contributed by atoms with Crippen molar-refractivity contribution in [1.29, 1.82) is 0 Å². The number of nitrogens with one attached hydrogen (secondary N) is 1. The molecule has 27 heavy (non-hydrogen) atoms. The zero-order valence-electron chi connectivity index (χ0n) is 18.1. The van der Waals surface area contributed by atoms with Crippen LogP contribution in [0.3, 0.4) is 0 Å². The van der Waals surface area contributed by atoms with Crippen LogP contribution in [-0.4, -0.2) is 31.1 Å². The van der Waals surface area contributed by atoms with E-state index in [1.807, 2.05) is 0 Å². The number of unbranched alkanes of at least 4 members (excludes halogenated alkanes) is 13. The first-order chi connectivity index (χ1) is 13.1. The van der Waals surface area contributed by atoms with Crippen molar-refractivity contribution in [3.63, 3.8) is 0 Å². The highest BCUT2D eigenvalue weighted by Gasteiger charge is 2.08. The van der Waals surface area contributed by atoms with Gasteiger partial charge in [0, 0.05) is 13.0 Å². The summed E-state index contributed by atoms with van der Waals surface area (Å²) in [4.78, 5) is 21.8. The zero-order chi connectivity index (χ0) is 20.6. The van der Waals surface area contributed by atoms with Gasteiger partial charge in [-0.3, -0.25) is 4.79 Å². The molecule has 0 saturated heterocycles. The topological polar surface area (TPSA) is 75.6 Å². The molecule has 0 bridgehead atoms. The monoisotopic (exact) mass is 387 g/mol. The normalized spacial score (nSPS) is 11.4. The van der Waals surface area contributed by atoms with E-state index in [0.29, 0.717) is 6.61 Å². The van der Waals surface area contributed by atoms with E-state index >= 15 is 0 Å². The lowest BCUT2D eigenvalue weighted by molar-refractivity contribution is -0.145. The molecule has 0 rings (SSSR count). The van der Waals surface area contributed by atoms with Crippen molar-refractivity contribution in [3.05, 3.63) is 0 Å². The van der Waals surface area contributed by atoms with Crippen molar-refractivity contribution in [2.45, 2.75) is 110 Å². The van der Waals surface area contributed by atoms with Gasteiger partial charge in [0.2, 0.25) is 0 Å². The second-order valence-electron chi connectivity index (χ2n) is 7.36. The molecule has 1 atom stereocenters. The maximum absolute atomic E-state index is 11.4.